The molecule has 0 aromatic heterocycles. The van der Waals surface area contributed by atoms with E-state index in [-0.39, 0.29) is 37.9 Å². The zero-order valence-electron chi connectivity index (χ0n) is 38.9. The number of carbonyl (C=O) groups excluding carboxylic acids is 1. The van der Waals surface area contributed by atoms with Gasteiger partial charge in [0.2, 0.25) is 0 Å². The third kappa shape index (κ3) is 8.06. The number of ether oxygens (including phenoxy) is 5. The Morgan fingerprint density at radius 1 is 0.788 bits per heavy atom. The summed E-state index contributed by atoms with van der Waals surface area (Å²) in [6, 6.07) is 0. The van der Waals surface area contributed by atoms with Crippen LogP contribution < -0.4 is 0 Å². The molecule has 0 spiro atoms. The van der Waals surface area contributed by atoms with E-state index in [1.807, 2.05) is 6.92 Å². The first-order valence-corrected chi connectivity index (χ1v) is 23.7. The fourth-order valence-corrected chi connectivity index (χ4v) is 13.9. The number of carbonyl (C=O) groups is 1. The van der Waals surface area contributed by atoms with E-state index in [1.165, 1.54) is 0 Å². The van der Waals surface area contributed by atoms with Crippen molar-refractivity contribution in [1.29, 1.82) is 0 Å². The van der Waals surface area contributed by atoms with E-state index in [0.29, 0.717) is 38.5 Å². The van der Waals surface area contributed by atoms with Gasteiger partial charge in [0.25, 0.3) is 0 Å². The highest BCUT2D eigenvalue weighted by molar-refractivity contribution is 5.77. The van der Waals surface area contributed by atoms with E-state index in [4.69, 9.17) is 23.7 Å². The molecule has 7 rings (SSSR count). The minimum absolute atomic E-state index is 0.0658. The zero-order valence-corrected chi connectivity index (χ0v) is 38.9. The van der Waals surface area contributed by atoms with E-state index in [1.54, 1.807) is 13.8 Å². The number of esters is 1. The Balaban J connectivity index is 1.14. The first-order valence-electron chi connectivity index (χ1n) is 23.7. The summed E-state index contributed by atoms with van der Waals surface area (Å²) in [7, 11) is 0. The van der Waals surface area contributed by atoms with Crippen LogP contribution in [0.2, 0.25) is 0 Å². The maximum atomic E-state index is 13.8. The summed E-state index contributed by atoms with van der Waals surface area (Å²) in [5.41, 5.74) is -2.75. The molecule has 0 radical (unpaired) electrons. The molecule has 19 heteroatoms. The molecule has 5 aliphatic carbocycles. The van der Waals surface area contributed by atoms with Crippen LogP contribution in [0, 0.1) is 44.3 Å². The quantitative estimate of drug-likeness (QED) is 0.0721. The number of fused-ring (bicyclic) bond motifs is 6. The van der Waals surface area contributed by atoms with Gasteiger partial charge in [0.15, 0.2) is 12.6 Å². The second kappa shape index (κ2) is 18.8. The average Bonchev–Trinajstić information content (AvgIpc) is 3.29. The average molecular weight is 945 g/mol. The molecule has 0 amide bonds. The van der Waals surface area contributed by atoms with Gasteiger partial charge < -0.3 is 90.1 Å². The van der Waals surface area contributed by atoms with Crippen molar-refractivity contribution in [1.82, 2.24) is 0 Å². The van der Waals surface area contributed by atoms with Gasteiger partial charge in [-0.3, -0.25) is 4.79 Å². The lowest BCUT2D eigenvalue weighted by molar-refractivity contribution is -0.367. The Morgan fingerprint density at radius 3 is 2.11 bits per heavy atom. The van der Waals surface area contributed by atoms with Gasteiger partial charge in [-0.2, -0.15) is 0 Å². The van der Waals surface area contributed by atoms with Gasteiger partial charge in [0.1, 0.15) is 67.6 Å². The summed E-state index contributed by atoms with van der Waals surface area (Å²) in [6.45, 7) is 9.21. The van der Waals surface area contributed by atoms with Gasteiger partial charge in [0, 0.05) is 16.2 Å². The lowest BCUT2D eigenvalue weighted by Crippen LogP contribution is -2.67. The van der Waals surface area contributed by atoms with Crippen molar-refractivity contribution in [3.8, 4) is 0 Å². The number of aliphatic hydroxyl groups excluding tert-OH is 13. The van der Waals surface area contributed by atoms with E-state index in [0.717, 1.165) is 11.1 Å². The fraction of sp³-hybridized carbons (Fsp3) is 0.894. The summed E-state index contributed by atoms with van der Waals surface area (Å²) < 4.78 is 29.5. The molecule has 19 nitrogen and oxygen atoms in total. The SMILES string of the molecule is C[C@H]1O[C@@H](O[C@H]2CC[C@@]3(C)C(CC[C@]4(C)C3C=CC3=C5C[C@@](C)(C(=O)OCC(O)C(O)C(O)CO)CC[C@]5(CO)[C@H](O)C[C@]34C)[C@]2(C)CO)[C@H](O)[C@H](O[C@@H]2O[C@H](CO)[C@@H](O)[C@H](O)[C@H]2O)[C@@H]1O. The monoisotopic (exact) mass is 944 g/mol. The summed E-state index contributed by atoms with van der Waals surface area (Å²) in [5.74, 6) is -0.824. The third-order valence-electron chi connectivity index (χ3n) is 18.5. The molecule has 2 saturated heterocycles. The highest BCUT2D eigenvalue weighted by Crippen LogP contribution is 2.74. The van der Waals surface area contributed by atoms with Gasteiger partial charge in [0.05, 0.1) is 50.2 Å². The lowest BCUT2D eigenvalue weighted by Gasteiger charge is -2.70. The predicted octanol–water partition coefficient (Wildman–Crippen LogP) is -1.72. The molecule has 7 aliphatic rings. The van der Waals surface area contributed by atoms with Crippen molar-refractivity contribution in [2.75, 3.05) is 33.0 Å². The molecule has 2 heterocycles. The minimum atomic E-state index is -1.78. The van der Waals surface area contributed by atoms with Crippen LogP contribution in [0.4, 0.5) is 0 Å². The molecule has 5 fully saturated rings. The number of rotatable bonds is 13. The Morgan fingerprint density at radius 2 is 1.47 bits per heavy atom. The molecule has 13 N–H and O–H groups in total. The van der Waals surface area contributed by atoms with Crippen LogP contribution in [0.25, 0.3) is 0 Å². The molecule has 3 saturated carbocycles. The summed E-state index contributed by atoms with van der Waals surface area (Å²) in [4.78, 5) is 13.8. The first-order chi connectivity index (χ1) is 30.9. The molecular formula is C47H76O19. The van der Waals surface area contributed by atoms with Crippen molar-refractivity contribution < 1.29 is 94.9 Å². The normalized spacial score (nSPS) is 50.6. The standard InChI is InChI=1S/C47H76O19/c1-22-32(55)38(66-39-36(59)35(58)34(57)27(18-49)64-39)37(60)40(63-22)65-31-10-11-43(3)28(44(31,4)20-50)9-12-45(5)29(43)8-7-23-24-15-42(2,41(61)62-19-26(53)33(56)25(52)17-48)13-14-47(24,21-51)30(54)16-46(23,45)6/h7-8,22,25-40,48-60H,9-21H2,1-6H3/t22-,25?,26?,27-,28?,29?,30-,31+,32-,33?,34-,35+,36-,37-,38-,39+,40+,42+,43+,44+,45-,46-,47-/m1/s1. The van der Waals surface area contributed by atoms with Gasteiger partial charge in [-0.15, -0.1) is 0 Å². The maximum absolute atomic E-state index is 13.8. The summed E-state index contributed by atoms with van der Waals surface area (Å²) in [6.07, 6.45) is -13.7. The molecule has 5 unspecified atom stereocenters. The molecule has 2 aliphatic heterocycles. The van der Waals surface area contributed by atoms with Crippen molar-refractivity contribution in [2.24, 2.45) is 44.3 Å². The topological polar surface area (TPSA) is 326 Å². The number of allylic oxidation sites excluding steroid dienone is 3. The predicted molar refractivity (Wildman–Crippen MR) is 229 cm³/mol. The number of aliphatic hydroxyl groups is 13. The Hall–Kier alpha value is -1.73. The van der Waals surface area contributed by atoms with Gasteiger partial charge in [-0.25, -0.2) is 0 Å². The third-order valence-corrected chi connectivity index (χ3v) is 18.5. The second-order valence-corrected chi connectivity index (χ2v) is 22.1. The van der Waals surface area contributed by atoms with Gasteiger partial charge >= 0.3 is 5.97 Å². The minimum Gasteiger partial charge on any atom is -0.462 e. The van der Waals surface area contributed by atoms with Crippen LogP contribution in [-0.4, -0.2) is 197 Å². The molecule has 0 aromatic rings. The summed E-state index contributed by atoms with van der Waals surface area (Å²) >= 11 is 0. The highest BCUT2D eigenvalue weighted by atomic mass is 16.7. The Kier molecular flexibility index (Phi) is 14.8. The van der Waals surface area contributed by atoms with Crippen LogP contribution in [0.15, 0.2) is 23.3 Å². The molecule has 378 valence electrons. The van der Waals surface area contributed by atoms with Crippen LogP contribution in [-0.2, 0) is 28.5 Å². The van der Waals surface area contributed by atoms with Crippen LogP contribution in [0.1, 0.15) is 92.9 Å². The van der Waals surface area contributed by atoms with E-state index in [9.17, 15) is 71.2 Å². The molecule has 66 heavy (non-hydrogen) atoms. The molecular weight excluding hydrogens is 868 g/mol. The van der Waals surface area contributed by atoms with E-state index >= 15 is 0 Å². The van der Waals surface area contributed by atoms with Crippen LogP contribution in [0.5, 0.6) is 0 Å². The molecule has 0 bridgehead atoms. The van der Waals surface area contributed by atoms with E-state index in [2.05, 4.69) is 32.9 Å². The van der Waals surface area contributed by atoms with Gasteiger partial charge in [-0.05, 0) is 93.5 Å². The highest BCUT2D eigenvalue weighted by Gasteiger charge is 2.69. The fourth-order valence-electron chi connectivity index (χ4n) is 13.9. The van der Waals surface area contributed by atoms with Crippen LogP contribution >= 0.6 is 0 Å². The Labute approximate surface area is 385 Å². The van der Waals surface area contributed by atoms with Gasteiger partial charge in [-0.1, -0.05) is 45.4 Å². The van der Waals surface area contributed by atoms with Crippen molar-refractivity contribution in [3.05, 3.63) is 23.3 Å². The second-order valence-electron chi connectivity index (χ2n) is 22.1. The van der Waals surface area contributed by atoms with Crippen molar-refractivity contribution >= 4 is 5.97 Å². The lowest BCUT2D eigenvalue weighted by atomic mass is 9.35. The molecule has 23 atom stereocenters. The Bertz CT molecular complexity index is 1810. The number of hydrogen-bond acceptors (Lipinski definition) is 19. The first kappa shape index (κ1) is 52.1. The maximum Gasteiger partial charge on any atom is 0.312 e. The molecule has 0 aromatic carbocycles. The van der Waals surface area contributed by atoms with E-state index < -0.39 is 150 Å². The zero-order chi connectivity index (χ0) is 48.7. The van der Waals surface area contributed by atoms with Crippen LogP contribution in [0.3, 0.4) is 0 Å². The largest absolute Gasteiger partial charge is 0.462 e. The summed E-state index contributed by atoms with van der Waals surface area (Å²) in [5, 5.41) is 138. The van der Waals surface area contributed by atoms with Crippen molar-refractivity contribution in [3.63, 3.8) is 0 Å². The smallest absolute Gasteiger partial charge is 0.312 e. The number of hydrogen-bond donors (Lipinski definition) is 13. The van der Waals surface area contributed by atoms with Crippen molar-refractivity contribution in [2.45, 2.75) is 185 Å².